The number of hydrogen-bond acceptors (Lipinski definition) is 8. The Morgan fingerprint density at radius 2 is 1.97 bits per heavy atom. The fourth-order valence-corrected chi connectivity index (χ4v) is 5.73. The number of esters is 1. The first-order chi connectivity index (χ1) is 18.3. The second-order valence-corrected chi connectivity index (χ2v) is 11.8. The van der Waals surface area contributed by atoms with Gasteiger partial charge in [-0.3, -0.25) is 0 Å². The number of likely N-dealkylation sites (N-methyl/N-ethyl adjacent to an activating group) is 1. The molecule has 1 aliphatic heterocycles. The smallest absolute Gasteiger partial charge is 0.331 e. The average Bonchev–Trinajstić information content (AvgIpc) is 3.18. The standard InChI is InChI=1S/C30H45NO8/c1-21(19-32)7-13-25(33)30(3)28-27(36-6)24(15-16-29(28,2)20-38-30)39-26(34)14-10-22-8-11-23(12-9-22)37-18-17-31(4,5)35/h7-12,14,24-25,27-28,32-33H,13,15-20H2,1-6H3/b14-10+,21-7+/t24-,25?,27-,28+,29-,30?/m1/s1. The summed E-state index contributed by atoms with van der Waals surface area (Å²) in [5.74, 6) is -0.00612. The van der Waals surface area contributed by atoms with Crippen molar-refractivity contribution in [2.24, 2.45) is 11.3 Å². The Labute approximate surface area is 232 Å². The van der Waals surface area contributed by atoms with Crippen molar-refractivity contribution in [2.45, 2.75) is 63.9 Å². The number of ether oxygens (including phenoxy) is 4. The number of aliphatic hydroxyl groups is 2. The van der Waals surface area contributed by atoms with Crippen LogP contribution in [0.2, 0.25) is 0 Å². The number of benzene rings is 1. The summed E-state index contributed by atoms with van der Waals surface area (Å²) in [4.78, 5) is 12.8. The van der Waals surface area contributed by atoms with E-state index < -0.39 is 34.5 Å². The van der Waals surface area contributed by atoms with Crippen molar-refractivity contribution in [3.8, 4) is 5.75 Å². The Kier molecular flexibility index (Phi) is 10.4. The summed E-state index contributed by atoms with van der Waals surface area (Å²) in [5, 5.41) is 32.1. The maximum atomic E-state index is 12.8. The van der Waals surface area contributed by atoms with Crippen LogP contribution in [-0.4, -0.2) is 92.3 Å². The van der Waals surface area contributed by atoms with E-state index in [2.05, 4.69) is 6.92 Å². The predicted molar refractivity (Wildman–Crippen MR) is 149 cm³/mol. The molecule has 0 amide bonds. The number of hydrogen-bond donors (Lipinski definition) is 2. The van der Waals surface area contributed by atoms with Crippen molar-refractivity contribution < 1.29 is 38.6 Å². The molecule has 1 aliphatic carbocycles. The fourth-order valence-electron chi connectivity index (χ4n) is 5.73. The molecule has 0 radical (unpaired) electrons. The minimum absolute atomic E-state index is 0.0595. The van der Waals surface area contributed by atoms with E-state index >= 15 is 0 Å². The second kappa shape index (κ2) is 12.9. The number of carbonyl (C=O) groups excluding carboxylic acids is 1. The van der Waals surface area contributed by atoms with Gasteiger partial charge in [0, 0.05) is 19.1 Å². The van der Waals surface area contributed by atoms with Gasteiger partial charge in [-0.15, -0.1) is 0 Å². The lowest BCUT2D eigenvalue weighted by Gasteiger charge is -2.49. The van der Waals surface area contributed by atoms with Crippen LogP contribution in [0.1, 0.15) is 45.6 Å². The average molecular weight is 548 g/mol. The van der Waals surface area contributed by atoms with E-state index in [4.69, 9.17) is 18.9 Å². The van der Waals surface area contributed by atoms with Gasteiger partial charge >= 0.3 is 5.97 Å². The SMILES string of the molecule is CO[C@H]1[C@@H]2C(C)(C(O)C/C=C(\C)CO)OC[C@@]2(C)CC[C@H]1OC(=O)/C=C/c1ccc(OCC[N+](C)(C)[O-])cc1. The van der Waals surface area contributed by atoms with Crippen LogP contribution in [0, 0.1) is 16.5 Å². The van der Waals surface area contributed by atoms with Crippen LogP contribution >= 0.6 is 0 Å². The van der Waals surface area contributed by atoms with E-state index in [1.54, 1.807) is 39.4 Å². The van der Waals surface area contributed by atoms with Crippen LogP contribution in [0.25, 0.3) is 6.08 Å². The highest BCUT2D eigenvalue weighted by atomic mass is 16.6. The van der Waals surface area contributed by atoms with Gasteiger partial charge in [-0.2, -0.15) is 0 Å². The number of rotatable bonds is 12. The Morgan fingerprint density at radius 1 is 1.28 bits per heavy atom. The lowest BCUT2D eigenvalue weighted by atomic mass is 9.60. The minimum atomic E-state index is -0.894. The Bertz CT molecular complexity index is 1020. The van der Waals surface area contributed by atoms with Gasteiger partial charge in [0.25, 0.3) is 0 Å². The molecular formula is C30H45NO8. The first kappa shape index (κ1) is 31.3. The van der Waals surface area contributed by atoms with Gasteiger partial charge in [0.05, 0.1) is 39.0 Å². The van der Waals surface area contributed by atoms with Crippen LogP contribution in [0.4, 0.5) is 0 Å². The van der Waals surface area contributed by atoms with Crippen LogP contribution in [0.15, 0.2) is 42.0 Å². The van der Waals surface area contributed by atoms with E-state index in [0.717, 1.165) is 17.6 Å². The lowest BCUT2D eigenvalue weighted by molar-refractivity contribution is -0.840. The number of carbonyl (C=O) groups is 1. The molecule has 6 atom stereocenters. The summed E-state index contributed by atoms with van der Waals surface area (Å²) in [6.07, 6.45) is 4.93. The maximum Gasteiger partial charge on any atom is 0.331 e. The van der Waals surface area contributed by atoms with Gasteiger partial charge in [0.15, 0.2) is 0 Å². The summed E-state index contributed by atoms with van der Waals surface area (Å²) < 4.78 is 23.3. The largest absolute Gasteiger partial charge is 0.633 e. The summed E-state index contributed by atoms with van der Waals surface area (Å²) in [5.41, 5.74) is 0.477. The number of hydroxylamine groups is 3. The van der Waals surface area contributed by atoms with Crippen LogP contribution < -0.4 is 4.74 Å². The Balaban J connectivity index is 1.64. The highest BCUT2D eigenvalue weighted by molar-refractivity contribution is 5.87. The molecule has 3 rings (SSSR count). The molecule has 1 saturated carbocycles. The van der Waals surface area contributed by atoms with E-state index in [1.807, 2.05) is 32.1 Å². The monoisotopic (exact) mass is 547 g/mol. The van der Waals surface area contributed by atoms with Crippen LogP contribution in [0.3, 0.4) is 0 Å². The third-order valence-corrected chi connectivity index (χ3v) is 8.11. The van der Waals surface area contributed by atoms with Gasteiger partial charge < -0.3 is 39.0 Å². The Hall–Kier alpha value is -2.27. The molecule has 218 valence electrons. The number of quaternary nitrogens is 1. The van der Waals surface area contributed by atoms with Gasteiger partial charge in [0.2, 0.25) is 0 Å². The normalized spacial score (nSPS) is 30.3. The molecule has 0 spiro atoms. The summed E-state index contributed by atoms with van der Waals surface area (Å²) in [7, 11) is 4.74. The lowest BCUT2D eigenvalue weighted by Crippen LogP contribution is -2.58. The van der Waals surface area contributed by atoms with E-state index in [0.29, 0.717) is 38.3 Å². The topological polar surface area (TPSA) is 118 Å². The molecule has 1 heterocycles. The molecule has 2 N–H and O–H groups in total. The van der Waals surface area contributed by atoms with Gasteiger partial charge in [-0.05, 0) is 62.3 Å². The molecule has 0 bridgehead atoms. The zero-order valence-electron chi connectivity index (χ0n) is 24.1. The first-order valence-electron chi connectivity index (χ1n) is 13.6. The van der Waals surface area contributed by atoms with Crippen molar-refractivity contribution in [3.05, 3.63) is 52.8 Å². The molecule has 2 aliphatic rings. The molecule has 1 aromatic rings. The molecule has 9 nitrogen and oxygen atoms in total. The highest BCUT2D eigenvalue weighted by Crippen LogP contribution is 2.55. The molecule has 2 fully saturated rings. The number of methoxy groups -OCH3 is 1. The third-order valence-electron chi connectivity index (χ3n) is 8.11. The number of fused-ring (bicyclic) bond motifs is 1. The van der Waals surface area contributed by atoms with Crippen LogP contribution in [0.5, 0.6) is 5.75 Å². The summed E-state index contributed by atoms with van der Waals surface area (Å²) in [6, 6.07) is 7.25. The highest BCUT2D eigenvalue weighted by Gasteiger charge is 2.63. The van der Waals surface area contributed by atoms with Gasteiger partial charge in [-0.1, -0.05) is 30.7 Å². The summed E-state index contributed by atoms with van der Waals surface area (Å²) in [6.45, 7) is 6.96. The van der Waals surface area contributed by atoms with E-state index in [-0.39, 0.29) is 17.9 Å². The van der Waals surface area contributed by atoms with Crippen molar-refractivity contribution in [1.29, 1.82) is 0 Å². The molecule has 1 aromatic carbocycles. The van der Waals surface area contributed by atoms with Crippen molar-refractivity contribution in [3.63, 3.8) is 0 Å². The van der Waals surface area contributed by atoms with Crippen molar-refractivity contribution in [1.82, 2.24) is 0 Å². The van der Waals surface area contributed by atoms with Crippen molar-refractivity contribution >= 4 is 12.0 Å². The van der Waals surface area contributed by atoms with Gasteiger partial charge in [-0.25, -0.2) is 4.79 Å². The predicted octanol–water partition coefficient (Wildman–Crippen LogP) is 3.47. The molecule has 39 heavy (non-hydrogen) atoms. The third kappa shape index (κ3) is 7.90. The zero-order valence-corrected chi connectivity index (χ0v) is 24.1. The number of aliphatic hydroxyl groups excluding tert-OH is 2. The van der Waals surface area contributed by atoms with E-state index in [9.17, 15) is 20.2 Å². The first-order valence-corrected chi connectivity index (χ1v) is 13.6. The maximum absolute atomic E-state index is 12.8. The molecule has 9 heteroatoms. The molecular weight excluding hydrogens is 502 g/mol. The van der Waals surface area contributed by atoms with Gasteiger partial charge in [0.1, 0.15) is 31.1 Å². The molecule has 0 aromatic heterocycles. The molecule has 1 saturated heterocycles. The summed E-state index contributed by atoms with van der Waals surface area (Å²) >= 11 is 0. The second-order valence-electron chi connectivity index (χ2n) is 11.8. The fraction of sp³-hybridized carbons (Fsp3) is 0.633. The zero-order chi connectivity index (χ0) is 28.8. The quantitative estimate of drug-likeness (QED) is 0.134. The Morgan fingerprint density at radius 3 is 2.59 bits per heavy atom. The number of nitrogens with zero attached hydrogens (tertiary/aromatic N) is 1. The van der Waals surface area contributed by atoms with Crippen molar-refractivity contribution in [2.75, 3.05) is 47.6 Å². The van der Waals surface area contributed by atoms with Crippen LogP contribution in [-0.2, 0) is 19.0 Å². The molecule has 2 unspecified atom stereocenters. The minimum Gasteiger partial charge on any atom is -0.633 e. The van der Waals surface area contributed by atoms with E-state index in [1.165, 1.54) is 6.08 Å².